The molecule has 3 heteroatoms. The summed E-state index contributed by atoms with van der Waals surface area (Å²) < 4.78 is 0. The Balaban J connectivity index is 0.00000108. The normalized spacial score (nSPS) is 9.11. The summed E-state index contributed by atoms with van der Waals surface area (Å²) in [5.41, 5.74) is 3.90. The average Bonchev–Trinajstić information content (AvgIpc) is 2.69. The van der Waals surface area contributed by atoms with Gasteiger partial charge in [-0.25, -0.2) is 0 Å². The maximum atomic E-state index is 2.26. The van der Waals surface area contributed by atoms with Gasteiger partial charge >= 0.3 is 26.2 Å². The summed E-state index contributed by atoms with van der Waals surface area (Å²) in [6.45, 7) is 2.14. The minimum Gasteiger partial charge on any atom is -1.00 e. The number of halogens is 2. The first kappa shape index (κ1) is 18.5. The van der Waals surface area contributed by atoms with E-state index in [1.165, 1.54) is 27.5 Å². The van der Waals surface area contributed by atoms with Crippen molar-refractivity contribution in [3.8, 4) is 11.1 Å². The Labute approximate surface area is 145 Å². The molecule has 0 amide bonds. The van der Waals surface area contributed by atoms with Gasteiger partial charge in [-0.1, -0.05) is 49.4 Å². The minimum atomic E-state index is 0. The number of hydrogen-bond acceptors (Lipinski definition) is 0. The first-order valence-corrected chi connectivity index (χ1v) is 5.55. The summed E-state index contributed by atoms with van der Waals surface area (Å²) in [4.78, 5) is 0. The fourth-order valence-electron chi connectivity index (χ4n) is 2.17. The largest absolute Gasteiger partial charge is 3.00 e. The Hall–Kier alpha value is -0.487. The fourth-order valence-corrected chi connectivity index (χ4v) is 2.17. The second-order valence-corrected chi connectivity index (χ2v) is 4.24. The van der Waals surface area contributed by atoms with E-state index >= 15 is 0 Å². The molecule has 0 atom stereocenters. The third-order valence-electron chi connectivity index (χ3n) is 2.96. The molecule has 0 fully saturated rings. The van der Waals surface area contributed by atoms with Crippen molar-refractivity contribution in [3.63, 3.8) is 0 Å². The Morgan fingerprint density at radius 3 is 2.16 bits per heavy atom. The van der Waals surface area contributed by atoms with Crippen LogP contribution in [0.2, 0.25) is 0 Å². The molecule has 0 nitrogen and oxygen atoms in total. The van der Waals surface area contributed by atoms with Crippen LogP contribution in [0.1, 0.15) is 5.56 Å². The van der Waals surface area contributed by atoms with Gasteiger partial charge in [0.05, 0.1) is 0 Å². The van der Waals surface area contributed by atoms with Gasteiger partial charge in [0.2, 0.25) is 0 Å². The van der Waals surface area contributed by atoms with E-state index in [1.807, 2.05) is 0 Å². The quantitative estimate of drug-likeness (QED) is 0.462. The molecule has 0 saturated heterocycles. The molecule has 0 aliphatic heterocycles. The molecule has 19 heavy (non-hydrogen) atoms. The van der Waals surface area contributed by atoms with Gasteiger partial charge in [0.1, 0.15) is 0 Å². The molecule has 0 spiro atoms. The number of fused-ring (bicyclic) bond motifs is 1. The third kappa shape index (κ3) is 3.99. The molecule has 95 valence electrons. The van der Waals surface area contributed by atoms with Crippen LogP contribution in [0, 0.1) is 6.92 Å². The van der Waals surface area contributed by atoms with E-state index in [0.717, 1.165) is 0 Å². The summed E-state index contributed by atoms with van der Waals surface area (Å²) in [6, 6.07) is 21.6. The Bertz CT molecular complexity index is 630. The van der Waals surface area contributed by atoms with Gasteiger partial charge in [0.25, 0.3) is 0 Å². The van der Waals surface area contributed by atoms with Gasteiger partial charge in [0, 0.05) is 0 Å². The molecule has 3 aromatic rings. The van der Waals surface area contributed by atoms with Crippen molar-refractivity contribution in [2.45, 2.75) is 6.92 Å². The van der Waals surface area contributed by atoms with E-state index in [1.54, 1.807) is 0 Å². The average molecular weight is 367 g/mol. The monoisotopic (exact) mass is 365 g/mol. The van der Waals surface area contributed by atoms with E-state index in [-0.39, 0.29) is 51.0 Å². The van der Waals surface area contributed by atoms with Crippen LogP contribution in [0.15, 0.2) is 60.7 Å². The summed E-state index contributed by atoms with van der Waals surface area (Å²) in [7, 11) is 0. The zero-order valence-electron chi connectivity index (χ0n) is 10.5. The Morgan fingerprint density at radius 2 is 1.47 bits per heavy atom. The molecule has 0 bridgehead atoms. The second kappa shape index (κ2) is 7.95. The van der Waals surface area contributed by atoms with E-state index in [9.17, 15) is 0 Å². The summed E-state index contributed by atoms with van der Waals surface area (Å²) in [5, 5.41) is 2.66. The van der Waals surface area contributed by atoms with Crippen LogP contribution in [0.25, 0.3) is 21.9 Å². The maximum absolute atomic E-state index is 2.26. The van der Waals surface area contributed by atoms with Crippen molar-refractivity contribution in [2.24, 2.45) is 0 Å². The summed E-state index contributed by atoms with van der Waals surface area (Å²) in [6.07, 6.45) is 0. The Kier molecular flexibility index (Phi) is 7.74. The SMILES string of the molecule is Cc1cc2cc(-c3ccccc3)ccc2[cH-]1.[Cl-].[Cl-].[Zr+3]. The molecule has 0 heterocycles. The van der Waals surface area contributed by atoms with Gasteiger partial charge in [-0.05, 0) is 11.1 Å². The summed E-state index contributed by atoms with van der Waals surface area (Å²) >= 11 is 0. The van der Waals surface area contributed by atoms with E-state index in [0.29, 0.717) is 0 Å². The zero-order chi connectivity index (χ0) is 11.0. The van der Waals surface area contributed by atoms with Crippen LogP contribution in [0.5, 0.6) is 0 Å². The van der Waals surface area contributed by atoms with E-state index in [4.69, 9.17) is 0 Å². The van der Waals surface area contributed by atoms with Crippen molar-refractivity contribution in [3.05, 3.63) is 66.2 Å². The first-order valence-electron chi connectivity index (χ1n) is 5.55. The van der Waals surface area contributed by atoms with Crippen molar-refractivity contribution >= 4 is 10.8 Å². The molecule has 1 radical (unpaired) electrons. The topological polar surface area (TPSA) is 0 Å². The molecule has 0 N–H and O–H groups in total. The van der Waals surface area contributed by atoms with Crippen LogP contribution in [-0.4, -0.2) is 0 Å². The Morgan fingerprint density at radius 1 is 0.789 bits per heavy atom. The van der Waals surface area contributed by atoms with E-state index in [2.05, 4.69) is 67.6 Å². The van der Waals surface area contributed by atoms with Crippen LogP contribution < -0.4 is 24.8 Å². The van der Waals surface area contributed by atoms with Crippen molar-refractivity contribution in [2.75, 3.05) is 0 Å². The van der Waals surface area contributed by atoms with Crippen LogP contribution >= 0.6 is 0 Å². The van der Waals surface area contributed by atoms with Gasteiger partial charge in [-0.3, -0.25) is 0 Å². The molecule has 3 aromatic carbocycles. The van der Waals surface area contributed by atoms with Crippen molar-refractivity contribution in [1.29, 1.82) is 0 Å². The predicted octanol–water partition coefficient (Wildman–Crippen LogP) is -1.46. The van der Waals surface area contributed by atoms with E-state index < -0.39 is 0 Å². The third-order valence-corrected chi connectivity index (χ3v) is 2.96. The minimum absolute atomic E-state index is 0. The van der Waals surface area contributed by atoms with Crippen LogP contribution in [0.3, 0.4) is 0 Å². The fraction of sp³-hybridized carbons (Fsp3) is 0.0625. The zero-order valence-corrected chi connectivity index (χ0v) is 14.5. The number of hydrogen-bond donors (Lipinski definition) is 0. The predicted molar refractivity (Wildman–Crippen MR) is 69.7 cm³/mol. The summed E-state index contributed by atoms with van der Waals surface area (Å²) in [5.74, 6) is 0. The number of benzene rings is 2. The molecule has 3 rings (SSSR count). The molecular weight excluding hydrogens is 354 g/mol. The van der Waals surface area contributed by atoms with Crippen molar-refractivity contribution in [1.82, 2.24) is 0 Å². The van der Waals surface area contributed by atoms with Gasteiger partial charge in [0.15, 0.2) is 0 Å². The molecule has 0 saturated carbocycles. The van der Waals surface area contributed by atoms with Gasteiger partial charge in [-0.2, -0.15) is 6.07 Å². The standard InChI is InChI=1S/C16H13.2ClH.Zr/c1-12-9-14-7-8-15(11-16(14)10-12)13-5-3-2-4-6-13;;;/h2-11H,1H3;2*1H;/q-1;;;+3/p-2. The maximum Gasteiger partial charge on any atom is 3.00 e. The van der Waals surface area contributed by atoms with Crippen LogP contribution in [-0.2, 0) is 26.2 Å². The molecule has 0 aliphatic rings. The number of rotatable bonds is 1. The number of aryl methyl sites for hydroxylation is 1. The first-order chi connectivity index (χ1) is 7.83. The second-order valence-electron chi connectivity index (χ2n) is 4.24. The van der Waals surface area contributed by atoms with Crippen molar-refractivity contribution < 1.29 is 51.0 Å². The molecular formula is C16H13Cl2Zr. The van der Waals surface area contributed by atoms with Gasteiger partial charge < -0.3 is 24.8 Å². The molecule has 0 aromatic heterocycles. The molecule has 0 unspecified atom stereocenters. The van der Waals surface area contributed by atoms with Gasteiger partial charge in [-0.15, -0.1) is 28.5 Å². The molecule has 0 aliphatic carbocycles. The smallest absolute Gasteiger partial charge is 1.00 e. The van der Waals surface area contributed by atoms with Crippen LogP contribution in [0.4, 0.5) is 0 Å².